The van der Waals surface area contributed by atoms with Crippen molar-refractivity contribution in [2.75, 3.05) is 10.6 Å². The number of aromatic nitrogens is 1. The van der Waals surface area contributed by atoms with E-state index < -0.39 is 17.9 Å². The van der Waals surface area contributed by atoms with Gasteiger partial charge in [-0.1, -0.05) is 17.7 Å². The Morgan fingerprint density at radius 1 is 0.958 bits per heavy atom. The number of anilines is 2. The minimum Gasteiger partial charge on any atom is -0.351 e. The molecule has 0 bridgehead atoms. The Kier molecular flexibility index (Phi) is 3.92. The fraction of sp³-hybridized carbons (Fsp3) is 0.118. The molecule has 3 N–H and O–H groups in total. The third-order valence-electron chi connectivity index (χ3n) is 3.49. The quantitative estimate of drug-likeness (QED) is 0.597. The van der Waals surface area contributed by atoms with Crippen molar-refractivity contribution in [3.63, 3.8) is 0 Å². The van der Waals surface area contributed by atoms with Gasteiger partial charge in [-0.25, -0.2) is 4.79 Å². The van der Waals surface area contributed by atoms with Crippen molar-refractivity contribution < 1.29 is 18.0 Å². The molecule has 3 rings (SSSR count). The molecule has 124 valence electrons. The largest absolute Gasteiger partial charge is 0.431 e. The molecule has 0 aliphatic heterocycles. The number of amides is 2. The molecular weight excluding hydrogens is 319 g/mol. The zero-order valence-corrected chi connectivity index (χ0v) is 12.7. The smallest absolute Gasteiger partial charge is 0.351 e. The molecule has 2 amide bonds. The van der Waals surface area contributed by atoms with Gasteiger partial charge in [0.2, 0.25) is 0 Å². The molecule has 24 heavy (non-hydrogen) atoms. The minimum atomic E-state index is -4.44. The number of H-pyrrole nitrogens is 1. The number of hydrogen-bond acceptors (Lipinski definition) is 1. The van der Waals surface area contributed by atoms with E-state index in [-0.39, 0.29) is 0 Å². The number of rotatable bonds is 2. The second kappa shape index (κ2) is 5.92. The number of aromatic amines is 1. The molecular formula is C17H14F3N3O. The second-order valence-corrected chi connectivity index (χ2v) is 5.43. The first-order valence-corrected chi connectivity index (χ1v) is 7.16. The predicted molar refractivity (Wildman–Crippen MR) is 87.1 cm³/mol. The van der Waals surface area contributed by atoms with Gasteiger partial charge < -0.3 is 15.6 Å². The number of urea groups is 1. The number of carbonyl (C=O) groups is 1. The number of aryl methyl sites for hydroxylation is 1. The molecule has 0 fully saturated rings. The first-order valence-electron chi connectivity index (χ1n) is 7.16. The van der Waals surface area contributed by atoms with Crippen LogP contribution in [0.25, 0.3) is 10.9 Å². The van der Waals surface area contributed by atoms with Gasteiger partial charge in [0, 0.05) is 22.3 Å². The Labute approximate surface area is 135 Å². The molecule has 0 spiro atoms. The van der Waals surface area contributed by atoms with Gasteiger partial charge in [-0.2, -0.15) is 13.2 Å². The van der Waals surface area contributed by atoms with Crippen LogP contribution in [0.5, 0.6) is 0 Å². The van der Waals surface area contributed by atoms with Crippen molar-refractivity contribution in [3.05, 3.63) is 59.8 Å². The summed E-state index contributed by atoms with van der Waals surface area (Å²) in [5.41, 5.74) is 1.63. The Morgan fingerprint density at radius 2 is 1.58 bits per heavy atom. The number of hydrogen-bond donors (Lipinski definition) is 3. The van der Waals surface area contributed by atoms with E-state index in [2.05, 4.69) is 15.6 Å². The Hall–Kier alpha value is -2.96. The Morgan fingerprint density at radius 3 is 2.25 bits per heavy atom. The highest BCUT2D eigenvalue weighted by Gasteiger charge is 2.32. The minimum absolute atomic E-state index is 0.354. The van der Waals surface area contributed by atoms with Gasteiger partial charge >= 0.3 is 12.2 Å². The van der Waals surface area contributed by atoms with E-state index >= 15 is 0 Å². The lowest BCUT2D eigenvalue weighted by molar-refractivity contribution is -0.140. The molecule has 0 radical (unpaired) electrons. The van der Waals surface area contributed by atoms with E-state index in [0.29, 0.717) is 22.3 Å². The van der Waals surface area contributed by atoms with Gasteiger partial charge in [0.25, 0.3) is 0 Å². The fourth-order valence-electron chi connectivity index (χ4n) is 2.29. The topological polar surface area (TPSA) is 56.9 Å². The van der Waals surface area contributed by atoms with Crippen LogP contribution in [-0.4, -0.2) is 11.0 Å². The van der Waals surface area contributed by atoms with Crippen molar-refractivity contribution in [2.24, 2.45) is 0 Å². The third kappa shape index (κ3) is 3.51. The number of nitrogens with one attached hydrogen (secondary N) is 3. The maximum atomic E-state index is 12.7. The average molecular weight is 333 g/mol. The number of benzene rings is 2. The highest BCUT2D eigenvalue weighted by atomic mass is 19.4. The summed E-state index contributed by atoms with van der Waals surface area (Å²) < 4.78 is 38.1. The van der Waals surface area contributed by atoms with Crippen LogP contribution in [0.1, 0.15) is 11.3 Å². The lowest BCUT2D eigenvalue weighted by atomic mass is 10.2. The molecule has 1 aromatic heterocycles. The van der Waals surface area contributed by atoms with Crippen molar-refractivity contribution in [2.45, 2.75) is 13.1 Å². The van der Waals surface area contributed by atoms with E-state index in [1.807, 2.05) is 19.1 Å². The molecule has 3 aromatic rings. The molecule has 0 aliphatic carbocycles. The maximum Gasteiger partial charge on any atom is 0.431 e. The van der Waals surface area contributed by atoms with Gasteiger partial charge in [-0.05, 0) is 43.3 Å². The number of fused-ring (bicyclic) bond motifs is 1. The van der Waals surface area contributed by atoms with E-state index in [1.165, 1.54) is 18.2 Å². The summed E-state index contributed by atoms with van der Waals surface area (Å²) in [7, 11) is 0. The summed E-state index contributed by atoms with van der Waals surface area (Å²) in [6, 6.07) is 12.3. The normalized spacial score (nSPS) is 11.5. The van der Waals surface area contributed by atoms with Crippen LogP contribution < -0.4 is 10.6 Å². The molecule has 2 aromatic carbocycles. The van der Waals surface area contributed by atoms with Crippen molar-refractivity contribution in [1.29, 1.82) is 0 Å². The fourth-order valence-corrected chi connectivity index (χ4v) is 2.29. The van der Waals surface area contributed by atoms with Gasteiger partial charge in [0.1, 0.15) is 5.69 Å². The predicted octanol–water partition coefficient (Wildman–Crippen LogP) is 5.14. The molecule has 0 aliphatic rings. The monoisotopic (exact) mass is 333 g/mol. The number of carbonyl (C=O) groups excluding carboxylic acids is 1. The summed E-state index contributed by atoms with van der Waals surface area (Å²) in [6.45, 7) is 1.94. The molecule has 0 saturated heterocycles. The highest BCUT2D eigenvalue weighted by molar-refractivity contribution is 6.01. The molecule has 0 atom stereocenters. The van der Waals surface area contributed by atoms with Crippen LogP contribution in [0.3, 0.4) is 0 Å². The highest BCUT2D eigenvalue weighted by Crippen LogP contribution is 2.31. The standard InChI is InChI=1S/C17H14F3N3O/c1-10-2-4-12(5-3-10)21-16(24)22-13-6-7-14-11(8-13)9-15(23-14)17(18,19)20/h2-9,23H,1H3,(H2,21,22,24). The number of alkyl halides is 3. The van der Waals surface area contributed by atoms with E-state index in [4.69, 9.17) is 0 Å². The third-order valence-corrected chi connectivity index (χ3v) is 3.49. The zero-order chi connectivity index (χ0) is 17.3. The average Bonchev–Trinajstić information content (AvgIpc) is 2.93. The summed E-state index contributed by atoms with van der Waals surface area (Å²) in [5, 5.41) is 5.63. The molecule has 0 saturated carbocycles. The Balaban J connectivity index is 1.74. The second-order valence-electron chi connectivity index (χ2n) is 5.43. The van der Waals surface area contributed by atoms with Crippen molar-refractivity contribution >= 4 is 28.3 Å². The maximum absolute atomic E-state index is 12.7. The van der Waals surface area contributed by atoms with Crippen LogP contribution in [0.2, 0.25) is 0 Å². The van der Waals surface area contributed by atoms with E-state index in [1.54, 1.807) is 12.1 Å². The van der Waals surface area contributed by atoms with Crippen molar-refractivity contribution in [1.82, 2.24) is 4.98 Å². The van der Waals surface area contributed by atoms with Gasteiger partial charge in [0.15, 0.2) is 0 Å². The molecule has 0 unspecified atom stereocenters. The molecule has 7 heteroatoms. The van der Waals surface area contributed by atoms with Crippen LogP contribution in [0.4, 0.5) is 29.3 Å². The summed E-state index contributed by atoms with van der Waals surface area (Å²) >= 11 is 0. The van der Waals surface area contributed by atoms with E-state index in [9.17, 15) is 18.0 Å². The summed E-state index contributed by atoms with van der Waals surface area (Å²) in [4.78, 5) is 14.3. The summed E-state index contributed by atoms with van der Waals surface area (Å²) in [6.07, 6.45) is -4.44. The first-order chi connectivity index (χ1) is 11.3. The Bertz CT molecular complexity index is 882. The zero-order valence-electron chi connectivity index (χ0n) is 12.7. The van der Waals surface area contributed by atoms with Crippen LogP contribution in [0.15, 0.2) is 48.5 Å². The lowest BCUT2D eigenvalue weighted by Crippen LogP contribution is -2.19. The lowest BCUT2D eigenvalue weighted by Gasteiger charge is -2.08. The van der Waals surface area contributed by atoms with Crippen LogP contribution >= 0.6 is 0 Å². The first kappa shape index (κ1) is 15.9. The van der Waals surface area contributed by atoms with Gasteiger partial charge in [-0.3, -0.25) is 0 Å². The van der Waals surface area contributed by atoms with E-state index in [0.717, 1.165) is 11.6 Å². The van der Waals surface area contributed by atoms with Crippen LogP contribution in [0, 0.1) is 6.92 Å². The van der Waals surface area contributed by atoms with Crippen molar-refractivity contribution in [3.8, 4) is 0 Å². The summed E-state index contributed by atoms with van der Waals surface area (Å²) in [5.74, 6) is 0. The van der Waals surface area contributed by atoms with Gasteiger partial charge in [-0.15, -0.1) is 0 Å². The van der Waals surface area contributed by atoms with Crippen LogP contribution in [-0.2, 0) is 6.18 Å². The number of halogens is 3. The van der Waals surface area contributed by atoms with Gasteiger partial charge in [0.05, 0.1) is 0 Å². The SMILES string of the molecule is Cc1ccc(NC(=O)Nc2ccc3[nH]c(C(F)(F)F)cc3c2)cc1. The molecule has 1 heterocycles. The molecule has 4 nitrogen and oxygen atoms in total.